The molecule has 0 saturated carbocycles. The van der Waals surface area contributed by atoms with Gasteiger partial charge < -0.3 is 14.7 Å². The molecule has 1 N–H and O–H groups in total. The van der Waals surface area contributed by atoms with Gasteiger partial charge in [-0.25, -0.2) is 0 Å². The van der Waals surface area contributed by atoms with E-state index in [0.717, 1.165) is 19.6 Å². The minimum absolute atomic E-state index is 0.207. The van der Waals surface area contributed by atoms with E-state index in [1.165, 1.54) is 24.9 Å². The normalized spacial score (nSPS) is 21.6. The summed E-state index contributed by atoms with van der Waals surface area (Å²) in [6.07, 6.45) is 2.38. The van der Waals surface area contributed by atoms with Crippen molar-refractivity contribution in [1.82, 2.24) is 9.80 Å². The number of benzene rings is 1. The van der Waals surface area contributed by atoms with Gasteiger partial charge in [-0.15, -0.1) is 0 Å². The lowest BCUT2D eigenvalue weighted by Gasteiger charge is -2.30. The number of phenols is 1. The predicted molar refractivity (Wildman–Crippen MR) is 81.3 cm³/mol. The number of rotatable bonds is 4. The van der Waals surface area contributed by atoms with Gasteiger partial charge in [0.05, 0.1) is 7.11 Å². The van der Waals surface area contributed by atoms with Crippen LogP contribution < -0.4 is 4.74 Å². The molecule has 1 atom stereocenters. The van der Waals surface area contributed by atoms with Gasteiger partial charge >= 0.3 is 0 Å². The Kier molecular flexibility index (Phi) is 5.26. The SMILES string of the molecule is CCC1CN(C)CCCN1Cc1ccc(O)c(OC)c1. The number of aromatic hydroxyl groups is 1. The van der Waals surface area contributed by atoms with Crippen LogP contribution in [0.4, 0.5) is 0 Å². The van der Waals surface area contributed by atoms with Gasteiger partial charge in [-0.05, 0) is 44.1 Å². The smallest absolute Gasteiger partial charge is 0.160 e. The summed E-state index contributed by atoms with van der Waals surface area (Å²) in [4.78, 5) is 4.97. The van der Waals surface area contributed by atoms with Gasteiger partial charge in [0.15, 0.2) is 11.5 Å². The Morgan fingerprint density at radius 3 is 2.85 bits per heavy atom. The zero-order valence-corrected chi connectivity index (χ0v) is 12.8. The molecule has 0 radical (unpaired) electrons. The summed E-state index contributed by atoms with van der Waals surface area (Å²) in [5.74, 6) is 0.765. The van der Waals surface area contributed by atoms with Crippen molar-refractivity contribution in [3.8, 4) is 11.5 Å². The van der Waals surface area contributed by atoms with E-state index in [2.05, 4.69) is 23.8 Å². The quantitative estimate of drug-likeness (QED) is 0.917. The van der Waals surface area contributed by atoms with Crippen molar-refractivity contribution < 1.29 is 9.84 Å². The highest BCUT2D eigenvalue weighted by atomic mass is 16.5. The average Bonchev–Trinajstić information content (AvgIpc) is 2.62. The predicted octanol–water partition coefficient (Wildman–Crippen LogP) is 2.32. The number of methoxy groups -OCH3 is 1. The summed E-state index contributed by atoms with van der Waals surface area (Å²) in [7, 11) is 3.80. The second kappa shape index (κ2) is 6.95. The Balaban J connectivity index is 2.10. The average molecular weight is 278 g/mol. The maximum atomic E-state index is 9.67. The van der Waals surface area contributed by atoms with E-state index >= 15 is 0 Å². The molecule has 1 aliphatic heterocycles. The lowest BCUT2D eigenvalue weighted by atomic mass is 10.1. The molecular formula is C16H26N2O2. The van der Waals surface area contributed by atoms with E-state index in [9.17, 15) is 5.11 Å². The molecule has 20 heavy (non-hydrogen) atoms. The van der Waals surface area contributed by atoms with Crippen molar-refractivity contribution >= 4 is 0 Å². The lowest BCUT2D eigenvalue weighted by Crippen LogP contribution is -2.39. The number of nitrogens with zero attached hydrogens (tertiary/aromatic N) is 2. The Bertz CT molecular complexity index is 436. The highest BCUT2D eigenvalue weighted by Gasteiger charge is 2.22. The number of hydrogen-bond acceptors (Lipinski definition) is 4. The van der Waals surface area contributed by atoms with Crippen molar-refractivity contribution in [2.75, 3.05) is 33.8 Å². The molecule has 2 rings (SSSR count). The second-order valence-corrected chi connectivity index (χ2v) is 5.65. The summed E-state index contributed by atoms with van der Waals surface area (Å²) >= 11 is 0. The summed E-state index contributed by atoms with van der Waals surface area (Å²) in [6.45, 7) is 6.61. The molecule has 0 spiro atoms. The molecular weight excluding hydrogens is 252 g/mol. The molecule has 112 valence electrons. The van der Waals surface area contributed by atoms with E-state index in [-0.39, 0.29) is 5.75 Å². The topological polar surface area (TPSA) is 35.9 Å². The third-order valence-corrected chi connectivity index (χ3v) is 4.13. The molecule has 1 aliphatic rings. The largest absolute Gasteiger partial charge is 0.504 e. The van der Waals surface area contributed by atoms with Crippen molar-refractivity contribution in [3.63, 3.8) is 0 Å². The first-order valence-electron chi connectivity index (χ1n) is 7.42. The fraction of sp³-hybridized carbons (Fsp3) is 0.625. The van der Waals surface area contributed by atoms with Gasteiger partial charge in [0.25, 0.3) is 0 Å². The molecule has 1 aromatic carbocycles. The Morgan fingerprint density at radius 1 is 1.35 bits per heavy atom. The van der Waals surface area contributed by atoms with Crippen LogP contribution in [0.5, 0.6) is 11.5 Å². The number of ether oxygens (including phenoxy) is 1. The molecule has 0 bridgehead atoms. The molecule has 1 fully saturated rings. The zero-order chi connectivity index (χ0) is 14.5. The van der Waals surface area contributed by atoms with Gasteiger partial charge in [0.1, 0.15) is 0 Å². The van der Waals surface area contributed by atoms with Crippen LogP contribution in [0.15, 0.2) is 18.2 Å². The first kappa shape index (κ1) is 15.1. The monoisotopic (exact) mass is 278 g/mol. The van der Waals surface area contributed by atoms with Crippen LogP contribution in [0.2, 0.25) is 0 Å². The molecule has 1 aromatic rings. The molecule has 1 unspecified atom stereocenters. The van der Waals surface area contributed by atoms with Crippen LogP contribution in [-0.2, 0) is 6.54 Å². The maximum absolute atomic E-state index is 9.67. The Morgan fingerprint density at radius 2 is 2.15 bits per heavy atom. The molecule has 4 nitrogen and oxygen atoms in total. The summed E-state index contributed by atoms with van der Waals surface area (Å²) in [5.41, 5.74) is 1.20. The molecule has 0 aromatic heterocycles. The van der Waals surface area contributed by atoms with E-state index in [1.54, 1.807) is 13.2 Å². The third-order valence-electron chi connectivity index (χ3n) is 4.13. The van der Waals surface area contributed by atoms with E-state index < -0.39 is 0 Å². The summed E-state index contributed by atoms with van der Waals surface area (Å²) in [5, 5.41) is 9.67. The molecule has 0 amide bonds. The second-order valence-electron chi connectivity index (χ2n) is 5.65. The minimum Gasteiger partial charge on any atom is -0.504 e. The maximum Gasteiger partial charge on any atom is 0.160 e. The van der Waals surface area contributed by atoms with Crippen molar-refractivity contribution in [3.05, 3.63) is 23.8 Å². The zero-order valence-electron chi connectivity index (χ0n) is 12.8. The molecule has 0 aliphatic carbocycles. The Hall–Kier alpha value is -1.26. The molecule has 1 heterocycles. The van der Waals surface area contributed by atoms with Crippen LogP contribution in [0.25, 0.3) is 0 Å². The van der Waals surface area contributed by atoms with Crippen LogP contribution >= 0.6 is 0 Å². The van der Waals surface area contributed by atoms with Gasteiger partial charge in [-0.2, -0.15) is 0 Å². The molecule has 4 heteroatoms. The summed E-state index contributed by atoms with van der Waals surface area (Å²) < 4.78 is 5.19. The fourth-order valence-corrected chi connectivity index (χ4v) is 2.94. The van der Waals surface area contributed by atoms with Gasteiger partial charge in [0.2, 0.25) is 0 Å². The van der Waals surface area contributed by atoms with Gasteiger partial charge in [-0.3, -0.25) is 4.90 Å². The first-order valence-corrected chi connectivity index (χ1v) is 7.42. The van der Waals surface area contributed by atoms with Crippen molar-refractivity contribution in [1.29, 1.82) is 0 Å². The highest BCUT2D eigenvalue weighted by Crippen LogP contribution is 2.27. The van der Waals surface area contributed by atoms with Gasteiger partial charge in [0, 0.05) is 25.7 Å². The van der Waals surface area contributed by atoms with Crippen LogP contribution in [0, 0.1) is 0 Å². The Labute approximate surface area is 122 Å². The van der Waals surface area contributed by atoms with E-state index in [0.29, 0.717) is 11.8 Å². The highest BCUT2D eigenvalue weighted by molar-refractivity contribution is 5.41. The van der Waals surface area contributed by atoms with Gasteiger partial charge in [-0.1, -0.05) is 13.0 Å². The van der Waals surface area contributed by atoms with Crippen molar-refractivity contribution in [2.45, 2.75) is 32.4 Å². The van der Waals surface area contributed by atoms with E-state index in [1.807, 2.05) is 12.1 Å². The van der Waals surface area contributed by atoms with Crippen molar-refractivity contribution in [2.24, 2.45) is 0 Å². The van der Waals surface area contributed by atoms with Crippen LogP contribution in [-0.4, -0.2) is 54.7 Å². The number of hydrogen-bond donors (Lipinski definition) is 1. The third kappa shape index (κ3) is 3.64. The fourth-order valence-electron chi connectivity index (χ4n) is 2.94. The standard InChI is InChI=1S/C16H26N2O2/c1-4-14-12-17(2)8-5-9-18(14)11-13-6-7-15(19)16(10-13)20-3/h6-7,10,14,19H,4-5,8-9,11-12H2,1-3H3. The number of likely N-dealkylation sites (N-methyl/N-ethyl adjacent to an activating group) is 1. The minimum atomic E-state index is 0.207. The molecule has 1 saturated heterocycles. The first-order chi connectivity index (χ1) is 9.63. The van der Waals surface area contributed by atoms with Crippen LogP contribution in [0.3, 0.4) is 0 Å². The van der Waals surface area contributed by atoms with Crippen LogP contribution in [0.1, 0.15) is 25.3 Å². The lowest BCUT2D eigenvalue weighted by molar-refractivity contribution is 0.175. The number of phenolic OH excluding ortho intramolecular Hbond substituents is 1. The van der Waals surface area contributed by atoms with E-state index in [4.69, 9.17) is 4.74 Å². The summed E-state index contributed by atoms with van der Waals surface area (Å²) in [6, 6.07) is 6.25.